The summed E-state index contributed by atoms with van der Waals surface area (Å²) in [7, 11) is 0. The average Bonchev–Trinajstić information content (AvgIpc) is 2.40. The van der Waals surface area contributed by atoms with E-state index in [1.54, 1.807) is 0 Å². The van der Waals surface area contributed by atoms with Gasteiger partial charge in [-0.1, -0.05) is 6.58 Å². The van der Waals surface area contributed by atoms with Gasteiger partial charge in [-0.3, -0.25) is 0 Å². The third kappa shape index (κ3) is 5.85. The zero-order valence-electron chi connectivity index (χ0n) is 7.05. The first kappa shape index (κ1) is 11.1. The molecule has 0 aromatic carbocycles. The molecule has 4 heteroatoms. The van der Waals surface area contributed by atoms with Gasteiger partial charge in [0.2, 0.25) is 0 Å². The highest BCUT2D eigenvalue weighted by Gasteiger charge is 2.11. The fraction of sp³-hybridized carbons (Fsp3) is 0.625. The Kier molecular flexibility index (Phi) is 5.28. The van der Waals surface area contributed by atoms with Gasteiger partial charge in [-0.25, -0.2) is 9.18 Å². The molecule has 1 unspecified atom stereocenters. The van der Waals surface area contributed by atoms with Gasteiger partial charge < -0.3 is 9.84 Å². The van der Waals surface area contributed by atoms with Crippen LogP contribution >= 0.6 is 0 Å². The van der Waals surface area contributed by atoms with Gasteiger partial charge in [0.1, 0.15) is 0 Å². The summed E-state index contributed by atoms with van der Waals surface area (Å²) in [6.45, 7) is 5.21. The standard InChI is InChI=1S/C4H7FO.C4H6O2/c5-4-2-1-3-6-4;1-3(2)4(5)6/h4H,1-3H2;1H2,2H3,(H,5,6). The Bertz CT molecular complexity index is 150. The second-order valence-electron chi connectivity index (χ2n) is 2.51. The Hall–Kier alpha value is -0.900. The molecule has 1 aliphatic heterocycles. The lowest BCUT2D eigenvalue weighted by atomic mass is 10.4. The maximum atomic E-state index is 11.7. The van der Waals surface area contributed by atoms with Gasteiger partial charge in [-0.2, -0.15) is 0 Å². The first-order chi connectivity index (χ1) is 5.54. The van der Waals surface area contributed by atoms with Crippen LogP contribution in [0.3, 0.4) is 0 Å². The normalized spacial score (nSPS) is 21.0. The third-order valence-electron chi connectivity index (χ3n) is 1.24. The predicted octanol–water partition coefficient (Wildman–Crippen LogP) is 1.74. The summed E-state index contributed by atoms with van der Waals surface area (Å²) < 4.78 is 16.2. The first-order valence-corrected chi connectivity index (χ1v) is 3.68. The van der Waals surface area contributed by atoms with Gasteiger partial charge in [0.05, 0.1) is 6.61 Å². The predicted molar refractivity (Wildman–Crippen MR) is 42.5 cm³/mol. The molecule has 1 heterocycles. The van der Waals surface area contributed by atoms with Crippen LogP contribution in [0.4, 0.5) is 4.39 Å². The van der Waals surface area contributed by atoms with Crippen molar-refractivity contribution in [3.63, 3.8) is 0 Å². The molecule has 0 aromatic heterocycles. The van der Waals surface area contributed by atoms with Crippen molar-refractivity contribution < 1.29 is 19.0 Å². The molecule has 1 saturated heterocycles. The minimum absolute atomic E-state index is 0.176. The molecular formula is C8H13FO3. The molecule has 0 radical (unpaired) electrons. The number of rotatable bonds is 1. The molecule has 1 fully saturated rings. The minimum Gasteiger partial charge on any atom is -0.478 e. The second kappa shape index (κ2) is 5.71. The monoisotopic (exact) mass is 176 g/mol. The maximum absolute atomic E-state index is 11.7. The molecule has 12 heavy (non-hydrogen) atoms. The number of hydrogen-bond acceptors (Lipinski definition) is 2. The van der Waals surface area contributed by atoms with Crippen LogP contribution in [-0.4, -0.2) is 24.0 Å². The molecule has 0 bridgehead atoms. The van der Waals surface area contributed by atoms with Crippen molar-refractivity contribution in [2.45, 2.75) is 26.1 Å². The van der Waals surface area contributed by atoms with Gasteiger partial charge in [-0.05, 0) is 13.3 Å². The van der Waals surface area contributed by atoms with E-state index in [1.807, 2.05) is 0 Å². The zero-order valence-corrected chi connectivity index (χ0v) is 7.05. The number of halogens is 1. The van der Waals surface area contributed by atoms with Gasteiger partial charge in [0.15, 0.2) is 6.36 Å². The highest BCUT2D eigenvalue weighted by atomic mass is 19.1. The smallest absolute Gasteiger partial charge is 0.330 e. The van der Waals surface area contributed by atoms with Gasteiger partial charge >= 0.3 is 5.97 Å². The van der Waals surface area contributed by atoms with E-state index in [4.69, 9.17) is 5.11 Å². The van der Waals surface area contributed by atoms with Gasteiger partial charge in [0, 0.05) is 12.0 Å². The van der Waals surface area contributed by atoms with Crippen LogP contribution in [0.1, 0.15) is 19.8 Å². The summed E-state index contributed by atoms with van der Waals surface area (Å²) >= 11 is 0. The number of carbonyl (C=O) groups is 1. The third-order valence-corrected chi connectivity index (χ3v) is 1.24. The molecule has 0 spiro atoms. The van der Waals surface area contributed by atoms with Crippen molar-refractivity contribution in [2.24, 2.45) is 0 Å². The second-order valence-corrected chi connectivity index (χ2v) is 2.51. The van der Waals surface area contributed by atoms with Crippen molar-refractivity contribution >= 4 is 5.97 Å². The van der Waals surface area contributed by atoms with Crippen LogP contribution < -0.4 is 0 Å². The van der Waals surface area contributed by atoms with Crippen LogP contribution in [0.15, 0.2) is 12.2 Å². The summed E-state index contributed by atoms with van der Waals surface area (Å²) in [5, 5.41) is 7.89. The molecule has 1 atom stereocenters. The Morgan fingerprint density at radius 1 is 1.75 bits per heavy atom. The molecule has 1 rings (SSSR count). The topological polar surface area (TPSA) is 46.5 Å². The number of hydrogen-bond donors (Lipinski definition) is 1. The van der Waals surface area contributed by atoms with E-state index < -0.39 is 12.3 Å². The lowest BCUT2D eigenvalue weighted by Gasteiger charge is -1.89. The highest BCUT2D eigenvalue weighted by molar-refractivity contribution is 5.84. The maximum Gasteiger partial charge on any atom is 0.330 e. The van der Waals surface area contributed by atoms with Crippen LogP contribution in [0.5, 0.6) is 0 Å². The van der Waals surface area contributed by atoms with Crippen LogP contribution in [0.25, 0.3) is 0 Å². The van der Waals surface area contributed by atoms with E-state index in [-0.39, 0.29) is 5.57 Å². The molecular weight excluding hydrogens is 163 g/mol. The lowest BCUT2D eigenvalue weighted by Crippen LogP contribution is -1.92. The fourth-order valence-corrected chi connectivity index (χ4v) is 0.538. The van der Waals surface area contributed by atoms with E-state index in [2.05, 4.69) is 11.3 Å². The van der Waals surface area contributed by atoms with Crippen LogP contribution in [0, 0.1) is 0 Å². The average molecular weight is 176 g/mol. The summed E-state index contributed by atoms with van der Waals surface area (Å²) in [6.07, 6.45) is 0.534. The molecule has 70 valence electrons. The van der Waals surface area contributed by atoms with Crippen molar-refractivity contribution in [3.05, 3.63) is 12.2 Å². The Balaban J connectivity index is 0.000000202. The molecule has 0 aromatic rings. The number of carboxylic acid groups (broad SMARTS) is 1. The summed E-state index contributed by atoms with van der Waals surface area (Å²) in [6, 6.07) is 0. The summed E-state index contributed by atoms with van der Waals surface area (Å²) in [5.41, 5.74) is 0.176. The molecule has 0 saturated carbocycles. The number of carboxylic acids is 1. The molecule has 0 aliphatic carbocycles. The number of aliphatic carboxylic acids is 1. The van der Waals surface area contributed by atoms with Crippen molar-refractivity contribution in [1.29, 1.82) is 0 Å². The lowest BCUT2D eigenvalue weighted by molar-refractivity contribution is -0.132. The van der Waals surface area contributed by atoms with Crippen molar-refractivity contribution in [2.75, 3.05) is 6.61 Å². The van der Waals surface area contributed by atoms with Crippen LogP contribution in [0.2, 0.25) is 0 Å². The van der Waals surface area contributed by atoms with Crippen molar-refractivity contribution in [3.8, 4) is 0 Å². The largest absolute Gasteiger partial charge is 0.478 e. The summed E-state index contributed by atoms with van der Waals surface area (Å²) in [4.78, 5) is 9.60. The van der Waals surface area contributed by atoms with E-state index in [1.165, 1.54) is 6.92 Å². The minimum atomic E-state index is -0.954. The van der Waals surface area contributed by atoms with Gasteiger partial charge in [-0.15, -0.1) is 0 Å². The molecule has 3 nitrogen and oxygen atoms in total. The SMILES string of the molecule is C=C(C)C(=O)O.FC1CCCO1. The Morgan fingerprint density at radius 2 is 2.25 bits per heavy atom. The summed E-state index contributed by atoms with van der Waals surface area (Å²) in [5.74, 6) is -0.935. The van der Waals surface area contributed by atoms with E-state index in [0.29, 0.717) is 13.0 Å². The highest BCUT2D eigenvalue weighted by Crippen LogP contribution is 2.11. The Labute approximate surface area is 70.8 Å². The number of ether oxygens (including phenoxy) is 1. The molecule has 1 N–H and O–H groups in total. The van der Waals surface area contributed by atoms with Gasteiger partial charge in [0.25, 0.3) is 0 Å². The molecule has 0 amide bonds. The van der Waals surface area contributed by atoms with Crippen molar-refractivity contribution in [1.82, 2.24) is 0 Å². The number of alkyl halides is 1. The molecule has 1 aliphatic rings. The van der Waals surface area contributed by atoms with E-state index in [9.17, 15) is 9.18 Å². The van der Waals surface area contributed by atoms with E-state index >= 15 is 0 Å². The zero-order chi connectivity index (χ0) is 9.56. The quantitative estimate of drug-likeness (QED) is 0.619. The Morgan fingerprint density at radius 3 is 2.33 bits per heavy atom. The fourth-order valence-electron chi connectivity index (χ4n) is 0.538. The van der Waals surface area contributed by atoms with E-state index in [0.717, 1.165) is 6.42 Å². The van der Waals surface area contributed by atoms with Crippen LogP contribution in [-0.2, 0) is 9.53 Å². The first-order valence-electron chi connectivity index (χ1n) is 3.68.